The fourth-order valence-corrected chi connectivity index (χ4v) is 5.61. The Morgan fingerprint density at radius 3 is 2.67 bits per heavy atom. The minimum atomic E-state index is -0.458. The Kier molecular flexibility index (Phi) is 8.13. The number of nitrogens with zero attached hydrogens (tertiary/aromatic N) is 2. The molecule has 7 nitrogen and oxygen atoms in total. The first kappa shape index (κ1) is 28.5. The molecule has 0 bridgehead atoms. The summed E-state index contributed by atoms with van der Waals surface area (Å²) in [7, 11) is 0. The van der Waals surface area contributed by atoms with Gasteiger partial charge in [0.05, 0.1) is 0 Å². The maximum absolute atomic E-state index is 15.1. The Bertz CT molecular complexity index is 1470. The maximum atomic E-state index is 15.1. The minimum Gasteiger partial charge on any atom is -0.396 e. The lowest BCUT2D eigenvalue weighted by Gasteiger charge is -2.30. The molecule has 1 saturated carbocycles. The van der Waals surface area contributed by atoms with Crippen LogP contribution in [-0.4, -0.2) is 59.3 Å². The van der Waals surface area contributed by atoms with Gasteiger partial charge in [-0.25, -0.2) is 4.39 Å². The lowest BCUT2D eigenvalue weighted by Crippen LogP contribution is -2.34. The molecule has 2 aliphatic rings. The van der Waals surface area contributed by atoms with Crippen molar-refractivity contribution in [3.63, 3.8) is 0 Å². The van der Waals surface area contributed by atoms with E-state index >= 15 is 4.39 Å². The average molecular weight is 549 g/mol. The predicted molar refractivity (Wildman–Crippen MR) is 157 cm³/mol. The number of rotatable bonds is 8. The zero-order valence-corrected chi connectivity index (χ0v) is 24.0. The van der Waals surface area contributed by atoms with Gasteiger partial charge in [-0.1, -0.05) is 19.9 Å². The van der Waals surface area contributed by atoms with E-state index in [0.29, 0.717) is 28.6 Å². The molecule has 1 saturated heterocycles. The fraction of sp³-hybridized carbons (Fsp3) is 0.500. The van der Waals surface area contributed by atoms with Crippen molar-refractivity contribution in [3.8, 4) is 11.1 Å². The van der Waals surface area contributed by atoms with Gasteiger partial charge in [0.2, 0.25) is 0 Å². The number of amides is 1. The predicted octanol–water partition coefficient (Wildman–Crippen LogP) is 4.38. The molecular formula is C32H41FN4O3. The Balaban J connectivity index is 1.65. The van der Waals surface area contributed by atoms with Crippen LogP contribution in [0.4, 0.5) is 4.39 Å². The molecule has 1 aliphatic carbocycles. The van der Waals surface area contributed by atoms with Gasteiger partial charge >= 0.3 is 0 Å². The number of aromatic nitrogens is 1. The number of aliphatic hydroxyl groups excluding tert-OH is 1. The second-order valence-electron chi connectivity index (χ2n) is 12.3. The lowest BCUT2D eigenvalue weighted by atomic mass is 9.92. The molecule has 0 spiro atoms. The number of benzene rings is 2. The molecular weight excluding hydrogens is 507 g/mol. The van der Waals surface area contributed by atoms with E-state index < -0.39 is 11.2 Å². The third kappa shape index (κ3) is 5.99. The second-order valence-corrected chi connectivity index (χ2v) is 12.3. The molecule has 3 N–H and O–H groups in total. The molecule has 214 valence electrons. The summed E-state index contributed by atoms with van der Waals surface area (Å²) in [5, 5.41) is 17.7. The molecule has 1 atom stereocenters. The molecule has 8 heteroatoms. The minimum absolute atomic E-state index is 0.0331. The van der Waals surface area contributed by atoms with Gasteiger partial charge in [-0.15, -0.1) is 0 Å². The highest BCUT2D eigenvalue weighted by molar-refractivity contribution is 5.97. The number of aliphatic hydroxyl groups is 1. The zero-order valence-electron chi connectivity index (χ0n) is 24.0. The van der Waals surface area contributed by atoms with Gasteiger partial charge < -0.3 is 20.3 Å². The molecule has 1 amide bonds. The van der Waals surface area contributed by atoms with E-state index in [1.54, 1.807) is 17.6 Å². The highest BCUT2D eigenvalue weighted by Crippen LogP contribution is 2.34. The smallest absolute Gasteiger partial charge is 0.258 e. The summed E-state index contributed by atoms with van der Waals surface area (Å²) in [5.41, 5.74) is 2.63. The summed E-state index contributed by atoms with van der Waals surface area (Å²) in [4.78, 5) is 28.9. The van der Waals surface area contributed by atoms with Gasteiger partial charge in [0, 0.05) is 60.9 Å². The Hall–Kier alpha value is -3.07. The number of hydrogen-bond acceptors (Lipinski definition) is 5. The highest BCUT2D eigenvalue weighted by atomic mass is 19.1. The molecule has 2 heterocycles. The molecule has 1 aromatic heterocycles. The van der Waals surface area contributed by atoms with Gasteiger partial charge in [-0.3, -0.25) is 14.5 Å². The van der Waals surface area contributed by atoms with E-state index in [1.165, 1.54) is 6.07 Å². The van der Waals surface area contributed by atoms with Gasteiger partial charge in [-0.05, 0) is 98.1 Å². The molecule has 5 rings (SSSR count). The third-order valence-corrected chi connectivity index (χ3v) is 8.35. The van der Waals surface area contributed by atoms with Gasteiger partial charge in [-0.2, -0.15) is 0 Å². The molecule has 3 aromatic rings. The zero-order chi connectivity index (χ0) is 28.6. The quantitative estimate of drug-likeness (QED) is 0.389. The molecule has 1 unspecified atom stereocenters. The summed E-state index contributed by atoms with van der Waals surface area (Å²) >= 11 is 0. The van der Waals surface area contributed by atoms with Crippen molar-refractivity contribution in [2.45, 2.75) is 65.6 Å². The summed E-state index contributed by atoms with van der Waals surface area (Å²) < 4.78 is 16.8. The first-order valence-corrected chi connectivity index (χ1v) is 14.4. The monoisotopic (exact) mass is 548 g/mol. The summed E-state index contributed by atoms with van der Waals surface area (Å²) in [6.07, 6.45) is 4.90. The number of nitrogens with one attached hydrogen (secondary N) is 2. The largest absolute Gasteiger partial charge is 0.396 e. The average Bonchev–Trinajstić information content (AvgIpc) is 3.78. The van der Waals surface area contributed by atoms with Crippen LogP contribution in [0.2, 0.25) is 0 Å². The van der Waals surface area contributed by atoms with E-state index in [-0.39, 0.29) is 30.2 Å². The van der Waals surface area contributed by atoms with Crippen LogP contribution in [0, 0.1) is 18.2 Å². The van der Waals surface area contributed by atoms with Crippen molar-refractivity contribution in [1.82, 2.24) is 20.1 Å². The van der Waals surface area contributed by atoms with E-state index in [4.69, 9.17) is 0 Å². The summed E-state index contributed by atoms with van der Waals surface area (Å²) in [6, 6.07) is 8.92. The Morgan fingerprint density at radius 2 is 1.95 bits per heavy atom. The summed E-state index contributed by atoms with van der Waals surface area (Å²) in [5.74, 6) is -0.687. The van der Waals surface area contributed by atoms with Crippen LogP contribution in [0.15, 0.2) is 41.3 Å². The van der Waals surface area contributed by atoms with Crippen LogP contribution in [0.5, 0.6) is 0 Å². The second kappa shape index (κ2) is 11.4. The van der Waals surface area contributed by atoms with Crippen LogP contribution in [0.25, 0.3) is 21.9 Å². The first-order chi connectivity index (χ1) is 19.1. The van der Waals surface area contributed by atoms with Crippen LogP contribution in [0.3, 0.4) is 0 Å². The number of carbonyl (C=O) groups excluding carboxylic acids is 1. The molecule has 40 heavy (non-hydrogen) atoms. The van der Waals surface area contributed by atoms with E-state index in [2.05, 4.69) is 22.5 Å². The number of fused-ring (bicyclic) bond motifs is 1. The molecule has 1 aliphatic heterocycles. The molecule has 2 aromatic carbocycles. The van der Waals surface area contributed by atoms with Crippen LogP contribution in [-0.2, 0) is 6.54 Å². The number of halogens is 1. The Morgan fingerprint density at radius 1 is 1.18 bits per heavy atom. The first-order valence-electron chi connectivity index (χ1n) is 14.4. The van der Waals surface area contributed by atoms with Crippen LogP contribution >= 0.6 is 0 Å². The number of pyridine rings is 1. The van der Waals surface area contributed by atoms with E-state index in [0.717, 1.165) is 62.0 Å². The number of carbonyl (C=O) groups is 1. The van der Waals surface area contributed by atoms with Crippen LogP contribution in [0.1, 0.15) is 67.6 Å². The fourth-order valence-electron chi connectivity index (χ4n) is 5.61. The van der Waals surface area contributed by atoms with Gasteiger partial charge in [0.15, 0.2) is 0 Å². The van der Waals surface area contributed by atoms with E-state index in [1.807, 2.05) is 38.2 Å². The van der Waals surface area contributed by atoms with Crippen molar-refractivity contribution >= 4 is 16.7 Å². The van der Waals surface area contributed by atoms with Crippen molar-refractivity contribution in [2.24, 2.45) is 5.41 Å². The normalized spacial score (nSPS) is 17.6. The standard InChI is InChI=1S/C32H41FN4O3/c1-20-26(15-23(16-29(20)33)30(39)35-24-7-8-24)22-6-9-25-27(14-22)28(21(2)36-12-5-10-34-11-13-36)17-37(31(25)40)18-32(3,4)19-38/h6,9,14-17,21,24,34,38H,5,7-8,10-13,18-19H2,1-4H3,(H,35,39). The maximum Gasteiger partial charge on any atom is 0.258 e. The third-order valence-electron chi connectivity index (χ3n) is 8.35. The lowest BCUT2D eigenvalue weighted by molar-refractivity contribution is 0.0950. The number of hydrogen-bond donors (Lipinski definition) is 3. The van der Waals surface area contributed by atoms with E-state index in [9.17, 15) is 14.7 Å². The molecule has 2 fully saturated rings. The topological polar surface area (TPSA) is 86.6 Å². The van der Waals surface area contributed by atoms with Crippen molar-refractivity contribution in [2.75, 3.05) is 32.8 Å². The van der Waals surface area contributed by atoms with Crippen molar-refractivity contribution in [1.29, 1.82) is 0 Å². The van der Waals surface area contributed by atoms with Gasteiger partial charge in [0.1, 0.15) is 5.82 Å². The SMILES string of the molecule is Cc1c(F)cc(C(=O)NC2CC2)cc1-c1ccc2c(=O)n(CC(C)(C)CO)cc(C(C)N3CCCNCC3)c2c1. The van der Waals surface area contributed by atoms with Crippen molar-refractivity contribution < 1.29 is 14.3 Å². The van der Waals surface area contributed by atoms with Crippen LogP contribution < -0.4 is 16.2 Å². The van der Waals surface area contributed by atoms with Gasteiger partial charge in [0.25, 0.3) is 11.5 Å². The highest BCUT2D eigenvalue weighted by Gasteiger charge is 2.26. The van der Waals surface area contributed by atoms with Crippen molar-refractivity contribution in [3.05, 3.63) is 69.4 Å². The Labute approximate surface area is 235 Å². The molecule has 0 radical (unpaired) electrons. The summed E-state index contributed by atoms with van der Waals surface area (Å²) in [6.45, 7) is 11.9.